The van der Waals surface area contributed by atoms with Crippen molar-refractivity contribution in [3.05, 3.63) is 41.0 Å². The summed E-state index contributed by atoms with van der Waals surface area (Å²) in [6.07, 6.45) is 2.95. The van der Waals surface area contributed by atoms with E-state index in [1.807, 2.05) is 13.0 Å². The number of carbonyl (C=O) groups is 2. The van der Waals surface area contributed by atoms with Crippen LogP contribution in [0.5, 0.6) is 11.5 Å². The van der Waals surface area contributed by atoms with Gasteiger partial charge < -0.3 is 9.47 Å². The van der Waals surface area contributed by atoms with Crippen LogP contribution in [0.3, 0.4) is 0 Å². The van der Waals surface area contributed by atoms with E-state index in [1.54, 1.807) is 19.1 Å². The minimum Gasteiger partial charge on any atom is -0.493 e. The Kier molecular flexibility index (Phi) is 3.74. The van der Waals surface area contributed by atoms with Gasteiger partial charge >= 0.3 is 0 Å². The zero-order valence-corrected chi connectivity index (χ0v) is 11.9. The van der Waals surface area contributed by atoms with Gasteiger partial charge in [-0.25, -0.2) is 0 Å². The van der Waals surface area contributed by atoms with Gasteiger partial charge in [-0.3, -0.25) is 9.59 Å². The van der Waals surface area contributed by atoms with Crippen molar-refractivity contribution in [2.24, 2.45) is 0 Å². The third kappa shape index (κ3) is 2.13. The maximum absolute atomic E-state index is 12.2. The van der Waals surface area contributed by atoms with Gasteiger partial charge in [0.1, 0.15) is 0 Å². The van der Waals surface area contributed by atoms with Crippen molar-refractivity contribution in [2.75, 3.05) is 14.2 Å². The summed E-state index contributed by atoms with van der Waals surface area (Å²) in [6, 6.07) is 3.62. The van der Waals surface area contributed by atoms with Crippen molar-refractivity contribution in [1.29, 1.82) is 0 Å². The van der Waals surface area contributed by atoms with Gasteiger partial charge in [-0.15, -0.1) is 0 Å². The van der Waals surface area contributed by atoms with Crippen LogP contribution >= 0.6 is 0 Å². The Bertz CT molecular complexity index is 651. The monoisotopic (exact) mass is 272 g/mol. The lowest BCUT2D eigenvalue weighted by Gasteiger charge is -2.19. The molecule has 0 saturated heterocycles. The molecule has 0 saturated carbocycles. The molecule has 0 radical (unpaired) electrons. The Balaban J connectivity index is 2.78. The fraction of sp³-hybridized carbons (Fsp3) is 0.250. The molecule has 1 aliphatic rings. The molecule has 0 atom stereocenters. The number of methoxy groups -OCH3 is 2. The van der Waals surface area contributed by atoms with Crippen LogP contribution in [0.15, 0.2) is 29.9 Å². The van der Waals surface area contributed by atoms with E-state index in [1.165, 1.54) is 20.3 Å². The Morgan fingerprint density at radius 3 is 2.25 bits per heavy atom. The number of Topliss-reactive ketones (excluding diaryl/α,β-unsaturated/α-hetero) is 1. The molecular formula is C16H16O4. The number of allylic oxidation sites excluding steroid dienone is 4. The smallest absolute Gasteiger partial charge is 0.233 e. The predicted octanol–water partition coefficient (Wildman–Crippen LogP) is 2.49. The number of benzene rings is 1. The van der Waals surface area contributed by atoms with Crippen LogP contribution in [0.2, 0.25) is 0 Å². The van der Waals surface area contributed by atoms with E-state index in [-0.39, 0.29) is 0 Å². The first-order chi connectivity index (χ1) is 9.51. The highest BCUT2D eigenvalue weighted by atomic mass is 16.5. The zero-order valence-electron chi connectivity index (χ0n) is 11.9. The number of carbonyl (C=O) groups excluding carboxylic acids is 2. The Morgan fingerprint density at radius 1 is 0.950 bits per heavy atom. The summed E-state index contributed by atoms with van der Waals surface area (Å²) >= 11 is 0. The van der Waals surface area contributed by atoms with Crippen LogP contribution in [0.25, 0.3) is 5.57 Å². The molecule has 0 amide bonds. The molecule has 1 aliphatic carbocycles. The molecule has 1 aromatic carbocycles. The van der Waals surface area contributed by atoms with Gasteiger partial charge in [0.15, 0.2) is 11.5 Å². The van der Waals surface area contributed by atoms with Crippen molar-refractivity contribution in [1.82, 2.24) is 0 Å². The molecule has 0 spiro atoms. The molecule has 0 heterocycles. The molecule has 0 aliphatic heterocycles. The summed E-state index contributed by atoms with van der Waals surface area (Å²) in [5.41, 5.74) is 2.59. The fourth-order valence-corrected chi connectivity index (χ4v) is 2.31. The molecule has 0 aromatic heterocycles. The summed E-state index contributed by atoms with van der Waals surface area (Å²) < 4.78 is 10.6. The van der Waals surface area contributed by atoms with Gasteiger partial charge in [0, 0.05) is 11.1 Å². The largest absolute Gasteiger partial charge is 0.493 e. The number of ketones is 2. The van der Waals surface area contributed by atoms with E-state index in [2.05, 4.69) is 0 Å². The topological polar surface area (TPSA) is 52.6 Å². The van der Waals surface area contributed by atoms with Gasteiger partial charge in [-0.1, -0.05) is 12.1 Å². The van der Waals surface area contributed by atoms with Crippen LogP contribution in [-0.4, -0.2) is 25.8 Å². The maximum Gasteiger partial charge on any atom is 0.233 e. The lowest BCUT2D eigenvalue weighted by Crippen LogP contribution is -2.18. The molecular weight excluding hydrogens is 256 g/mol. The first-order valence-corrected chi connectivity index (χ1v) is 6.20. The van der Waals surface area contributed by atoms with Crippen LogP contribution in [0.1, 0.15) is 18.1 Å². The summed E-state index contributed by atoms with van der Waals surface area (Å²) in [5, 5.41) is 0. The van der Waals surface area contributed by atoms with Gasteiger partial charge in [-0.2, -0.15) is 0 Å². The van der Waals surface area contributed by atoms with Gasteiger partial charge in [0.25, 0.3) is 0 Å². The molecule has 4 nitrogen and oxygen atoms in total. The molecule has 0 fully saturated rings. The molecule has 2 rings (SSSR count). The molecule has 0 unspecified atom stereocenters. The zero-order chi connectivity index (χ0) is 14.9. The van der Waals surface area contributed by atoms with E-state index in [0.717, 1.165) is 11.1 Å². The SMILES string of the molecule is COc1ccc(C)c(C2=C(C)C=CC(=O)C2=O)c1OC. The van der Waals surface area contributed by atoms with Gasteiger partial charge in [0.2, 0.25) is 11.6 Å². The van der Waals surface area contributed by atoms with Crippen LogP contribution in [0.4, 0.5) is 0 Å². The van der Waals surface area contributed by atoms with Crippen molar-refractivity contribution in [3.8, 4) is 11.5 Å². The van der Waals surface area contributed by atoms with Gasteiger partial charge in [-0.05, 0) is 37.1 Å². The molecule has 4 heteroatoms. The first kappa shape index (κ1) is 14.1. The van der Waals surface area contributed by atoms with Crippen LogP contribution in [-0.2, 0) is 9.59 Å². The maximum atomic E-state index is 12.2. The normalized spacial score (nSPS) is 14.8. The predicted molar refractivity (Wildman–Crippen MR) is 76.0 cm³/mol. The first-order valence-electron chi connectivity index (χ1n) is 6.20. The van der Waals surface area contributed by atoms with Crippen molar-refractivity contribution < 1.29 is 19.1 Å². The summed E-state index contributed by atoms with van der Waals surface area (Å²) in [4.78, 5) is 23.8. The second-order valence-corrected chi connectivity index (χ2v) is 4.58. The minimum atomic E-state index is -0.519. The van der Waals surface area contributed by atoms with E-state index in [0.29, 0.717) is 22.6 Å². The number of hydrogen-bond donors (Lipinski definition) is 0. The highest BCUT2D eigenvalue weighted by Crippen LogP contribution is 2.40. The van der Waals surface area contributed by atoms with E-state index in [4.69, 9.17) is 9.47 Å². The quantitative estimate of drug-likeness (QED) is 0.626. The highest BCUT2D eigenvalue weighted by Gasteiger charge is 2.28. The molecule has 104 valence electrons. The summed E-state index contributed by atoms with van der Waals surface area (Å²) in [5.74, 6) is -0.0315. The molecule has 20 heavy (non-hydrogen) atoms. The summed E-state index contributed by atoms with van der Waals surface area (Å²) in [6.45, 7) is 3.67. The average molecular weight is 272 g/mol. The van der Waals surface area contributed by atoms with Gasteiger partial charge in [0.05, 0.1) is 14.2 Å². The lowest BCUT2D eigenvalue weighted by molar-refractivity contribution is -0.130. The van der Waals surface area contributed by atoms with E-state index >= 15 is 0 Å². The number of aryl methyl sites for hydroxylation is 1. The fourth-order valence-electron chi connectivity index (χ4n) is 2.31. The highest BCUT2D eigenvalue weighted by molar-refractivity contribution is 6.58. The third-order valence-corrected chi connectivity index (χ3v) is 3.33. The van der Waals surface area contributed by atoms with Crippen LogP contribution < -0.4 is 9.47 Å². The molecule has 0 bridgehead atoms. The van der Waals surface area contributed by atoms with Crippen molar-refractivity contribution in [2.45, 2.75) is 13.8 Å². The summed E-state index contributed by atoms with van der Waals surface area (Å²) in [7, 11) is 3.05. The molecule has 0 N–H and O–H groups in total. The van der Waals surface area contributed by atoms with Crippen molar-refractivity contribution in [3.63, 3.8) is 0 Å². The number of ether oxygens (including phenoxy) is 2. The Labute approximate surface area is 117 Å². The van der Waals surface area contributed by atoms with E-state index < -0.39 is 11.6 Å². The van der Waals surface area contributed by atoms with Crippen LogP contribution in [0, 0.1) is 6.92 Å². The average Bonchev–Trinajstić information content (AvgIpc) is 2.44. The van der Waals surface area contributed by atoms with Crippen molar-refractivity contribution >= 4 is 17.1 Å². The Hall–Kier alpha value is -2.36. The molecule has 1 aromatic rings. The second kappa shape index (κ2) is 5.33. The number of hydrogen-bond acceptors (Lipinski definition) is 4. The Morgan fingerprint density at radius 2 is 1.65 bits per heavy atom. The van der Waals surface area contributed by atoms with E-state index in [9.17, 15) is 9.59 Å². The number of rotatable bonds is 3. The second-order valence-electron chi connectivity index (χ2n) is 4.58. The lowest BCUT2D eigenvalue weighted by atomic mass is 9.87. The minimum absolute atomic E-state index is 0.380. The third-order valence-electron chi connectivity index (χ3n) is 3.33. The standard InChI is InChI=1S/C16H16O4/c1-9-5-7-11(17)15(18)13(9)14-10(2)6-8-12(19-3)16(14)20-4/h5-8H,1-4H3.